The molecule has 25 heavy (non-hydrogen) atoms. The Morgan fingerprint density at radius 2 is 2.12 bits per heavy atom. The van der Waals surface area contributed by atoms with Gasteiger partial charge < -0.3 is 9.88 Å². The summed E-state index contributed by atoms with van der Waals surface area (Å²) in [5.41, 5.74) is 3.22. The topological polar surface area (TPSA) is 90.0 Å². The van der Waals surface area contributed by atoms with Crippen LogP contribution in [0.3, 0.4) is 0 Å². The Morgan fingerprint density at radius 1 is 1.24 bits per heavy atom. The van der Waals surface area contributed by atoms with Crippen molar-refractivity contribution in [1.82, 2.24) is 34.9 Å². The predicted molar refractivity (Wildman–Crippen MR) is 92.2 cm³/mol. The highest BCUT2D eigenvalue weighted by Crippen LogP contribution is 2.15. The van der Waals surface area contributed by atoms with Crippen LogP contribution in [0.1, 0.15) is 22.6 Å². The van der Waals surface area contributed by atoms with Crippen LogP contribution in [-0.2, 0) is 13.5 Å². The molecule has 0 radical (unpaired) electrons. The summed E-state index contributed by atoms with van der Waals surface area (Å²) in [5, 5.41) is 14.1. The molecule has 8 heteroatoms. The molecule has 1 amide bonds. The number of fused-ring (bicyclic) bond motifs is 2. The van der Waals surface area contributed by atoms with Crippen molar-refractivity contribution in [3.8, 4) is 0 Å². The highest BCUT2D eigenvalue weighted by atomic mass is 16.1. The summed E-state index contributed by atoms with van der Waals surface area (Å²) in [5.74, 6) is 0.891. The van der Waals surface area contributed by atoms with Crippen LogP contribution >= 0.6 is 0 Å². The summed E-state index contributed by atoms with van der Waals surface area (Å²) in [6, 6.07) is 11.4. The third-order valence-corrected chi connectivity index (χ3v) is 4.20. The molecular weight excluding hydrogens is 318 g/mol. The molecule has 4 rings (SSSR count). The number of nitrogens with zero attached hydrogens (tertiary/aromatic N) is 6. The highest BCUT2D eigenvalue weighted by Gasteiger charge is 2.09. The highest BCUT2D eigenvalue weighted by molar-refractivity contribution is 5.94. The van der Waals surface area contributed by atoms with E-state index in [9.17, 15) is 4.79 Å². The lowest BCUT2D eigenvalue weighted by Gasteiger charge is -2.06. The molecule has 0 aliphatic rings. The normalized spacial score (nSPS) is 11.2. The van der Waals surface area contributed by atoms with Gasteiger partial charge in [0, 0.05) is 31.8 Å². The van der Waals surface area contributed by atoms with Crippen molar-refractivity contribution < 1.29 is 4.79 Å². The Morgan fingerprint density at radius 3 is 3.00 bits per heavy atom. The molecule has 0 aliphatic carbocycles. The fourth-order valence-corrected chi connectivity index (χ4v) is 2.85. The minimum atomic E-state index is -0.129. The lowest BCUT2D eigenvalue weighted by atomic mass is 10.2. The van der Waals surface area contributed by atoms with E-state index < -0.39 is 0 Å². The average molecular weight is 335 g/mol. The zero-order valence-electron chi connectivity index (χ0n) is 13.8. The molecule has 0 aliphatic heterocycles. The number of hydrogen-bond donors (Lipinski definition) is 1. The van der Waals surface area contributed by atoms with E-state index in [2.05, 4.69) is 36.5 Å². The van der Waals surface area contributed by atoms with Crippen molar-refractivity contribution >= 4 is 22.6 Å². The first kappa shape index (κ1) is 15.3. The van der Waals surface area contributed by atoms with E-state index in [1.165, 1.54) is 4.52 Å². The van der Waals surface area contributed by atoms with E-state index in [-0.39, 0.29) is 5.91 Å². The number of nitrogens with one attached hydrogen (secondary N) is 1. The molecule has 3 heterocycles. The number of aryl methyl sites for hydroxylation is 2. The average Bonchev–Trinajstić information content (AvgIpc) is 3.23. The van der Waals surface area contributed by atoms with E-state index in [1.807, 2.05) is 25.2 Å². The summed E-state index contributed by atoms with van der Waals surface area (Å²) in [4.78, 5) is 16.9. The molecule has 0 unspecified atom stereocenters. The van der Waals surface area contributed by atoms with Gasteiger partial charge in [-0.25, -0.2) is 9.50 Å². The molecule has 3 aromatic heterocycles. The monoisotopic (exact) mass is 335 g/mol. The molecule has 1 aromatic carbocycles. The van der Waals surface area contributed by atoms with Gasteiger partial charge in [0.25, 0.3) is 5.91 Å². The molecule has 0 fully saturated rings. The maximum absolute atomic E-state index is 12.2. The van der Waals surface area contributed by atoms with Gasteiger partial charge in [-0.05, 0) is 41.1 Å². The first-order valence-electron chi connectivity index (χ1n) is 8.08. The number of tetrazole rings is 1. The zero-order chi connectivity index (χ0) is 17.2. The van der Waals surface area contributed by atoms with Gasteiger partial charge in [0.05, 0.1) is 11.0 Å². The van der Waals surface area contributed by atoms with E-state index in [0.29, 0.717) is 17.8 Å². The minimum Gasteiger partial charge on any atom is -0.352 e. The van der Waals surface area contributed by atoms with Gasteiger partial charge in [-0.15, -0.1) is 5.10 Å². The van der Waals surface area contributed by atoms with Gasteiger partial charge >= 0.3 is 0 Å². The Kier molecular flexibility index (Phi) is 3.85. The maximum Gasteiger partial charge on any atom is 0.251 e. The van der Waals surface area contributed by atoms with Crippen LogP contribution < -0.4 is 5.32 Å². The molecule has 0 saturated heterocycles. The molecular formula is C17H17N7O. The van der Waals surface area contributed by atoms with Gasteiger partial charge in [0.2, 0.25) is 0 Å². The third kappa shape index (κ3) is 2.93. The van der Waals surface area contributed by atoms with Crippen LogP contribution in [-0.4, -0.2) is 42.0 Å². The Hall–Kier alpha value is -3.29. The third-order valence-electron chi connectivity index (χ3n) is 4.20. The van der Waals surface area contributed by atoms with Crippen LogP contribution in [0.2, 0.25) is 0 Å². The Bertz CT molecular complexity index is 1050. The number of imidazole rings is 1. The summed E-state index contributed by atoms with van der Waals surface area (Å²) >= 11 is 0. The largest absolute Gasteiger partial charge is 0.352 e. The van der Waals surface area contributed by atoms with Gasteiger partial charge in [0.15, 0.2) is 5.65 Å². The maximum atomic E-state index is 12.2. The van der Waals surface area contributed by atoms with E-state index in [0.717, 1.165) is 29.7 Å². The molecule has 0 atom stereocenters. The van der Waals surface area contributed by atoms with Crippen LogP contribution in [0.15, 0.2) is 42.6 Å². The number of pyridine rings is 1. The summed E-state index contributed by atoms with van der Waals surface area (Å²) in [7, 11) is 2.02. The number of rotatable bonds is 5. The number of para-hydroxylation sites is 2. The zero-order valence-corrected chi connectivity index (χ0v) is 13.8. The molecule has 1 N–H and O–H groups in total. The Labute approximate surface area is 143 Å². The standard InChI is InChI=1S/C17H17N7O/c1-23-14-6-3-2-5-13(14)19-15(23)7-4-9-18-17(25)12-8-10-24-16(11-12)20-21-22-24/h2-3,5-6,8,10-11H,4,7,9H2,1H3,(H,18,25). The second kappa shape index (κ2) is 6.31. The Balaban J connectivity index is 1.35. The van der Waals surface area contributed by atoms with Gasteiger partial charge in [-0.1, -0.05) is 12.1 Å². The number of amides is 1. The van der Waals surface area contributed by atoms with E-state index in [4.69, 9.17) is 0 Å². The fourth-order valence-electron chi connectivity index (χ4n) is 2.85. The first-order chi connectivity index (χ1) is 12.2. The minimum absolute atomic E-state index is 0.129. The molecule has 0 spiro atoms. The van der Waals surface area contributed by atoms with Crippen LogP contribution in [0, 0.1) is 0 Å². The molecule has 8 nitrogen and oxygen atoms in total. The fraction of sp³-hybridized carbons (Fsp3) is 0.235. The summed E-state index contributed by atoms with van der Waals surface area (Å²) in [6.07, 6.45) is 3.29. The lowest BCUT2D eigenvalue weighted by Crippen LogP contribution is -2.25. The van der Waals surface area contributed by atoms with Crippen molar-refractivity contribution in [2.75, 3.05) is 6.54 Å². The summed E-state index contributed by atoms with van der Waals surface area (Å²) < 4.78 is 3.62. The quantitative estimate of drug-likeness (QED) is 0.556. The number of benzene rings is 1. The van der Waals surface area contributed by atoms with E-state index in [1.54, 1.807) is 18.3 Å². The molecule has 4 aromatic rings. The van der Waals surface area contributed by atoms with Crippen molar-refractivity contribution in [3.05, 3.63) is 54.0 Å². The van der Waals surface area contributed by atoms with Crippen molar-refractivity contribution in [2.45, 2.75) is 12.8 Å². The lowest BCUT2D eigenvalue weighted by molar-refractivity contribution is 0.0953. The number of hydrogen-bond acceptors (Lipinski definition) is 5. The van der Waals surface area contributed by atoms with Gasteiger partial charge in [-0.3, -0.25) is 4.79 Å². The summed E-state index contributed by atoms with van der Waals surface area (Å²) in [6.45, 7) is 0.582. The molecule has 0 bridgehead atoms. The van der Waals surface area contributed by atoms with Crippen molar-refractivity contribution in [1.29, 1.82) is 0 Å². The van der Waals surface area contributed by atoms with Gasteiger partial charge in [0.1, 0.15) is 5.82 Å². The second-order valence-electron chi connectivity index (χ2n) is 5.83. The first-order valence-corrected chi connectivity index (χ1v) is 8.08. The van der Waals surface area contributed by atoms with Gasteiger partial charge in [-0.2, -0.15) is 0 Å². The molecule has 126 valence electrons. The van der Waals surface area contributed by atoms with Crippen molar-refractivity contribution in [2.24, 2.45) is 7.05 Å². The predicted octanol–water partition coefficient (Wildman–Crippen LogP) is 1.37. The number of aromatic nitrogens is 6. The second-order valence-corrected chi connectivity index (χ2v) is 5.83. The van der Waals surface area contributed by atoms with Crippen LogP contribution in [0.5, 0.6) is 0 Å². The molecule has 0 saturated carbocycles. The number of carbonyl (C=O) groups excluding carboxylic acids is 1. The smallest absolute Gasteiger partial charge is 0.251 e. The van der Waals surface area contributed by atoms with E-state index >= 15 is 0 Å². The van der Waals surface area contributed by atoms with Crippen LogP contribution in [0.25, 0.3) is 16.7 Å². The SMILES string of the molecule is Cn1c(CCCNC(=O)c2ccn3nnnc3c2)nc2ccccc21. The van der Waals surface area contributed by atoms with Crippen LogP contribution in [0.4, 0.5) is 0 Å². The number of carbonyl (C=O) groups is 1. The van der Waals surface area contributed by atoms with Crippen molar-refractivity contribution in [3.63, 3.8) is 0 Å².